The molecule has 2 atom stereocenters. The van der Waals surface area contributed by atoms with Gasteiger partial charge in [0, 0.05) is 24.8 Å². The summed E-state index contributed by atoms with van der Waals surface area (Å²) in [6.45, 7) is 8.92. The van der Waals surface area contributed by atoms with E-state index in [1.807, 2.05) is 20.8 Å². The van der Waals surface area contributed by atoms with Crippen LogP contribution < -0.4 is 10.6 Å². The van der Waals surface area contributed by atoms with Gasteiger partial charge in [0.15, 0.2) is 0 Å². The lowest BCUT2D eigenvalue weighted by Crippen LogP contribution is -2.34. The van der Waals surface area contributed by atoms with Gasteiger partial charge in [-0.25, -0.2) is 4.79 Å². The average molecular weight is 296 g/mol. The van der Waals surface area contributed by atoms with Gasteiger partial charge in [0.1, 0.15) is 11.4 Å². The lowest BCUT2D eigenvalue weighted by Gasteiger charge is -2.20. The minimum atomic E-state index is -0.529. The van der Waals surface area contributed by atoms with Gasteiger partial charge >= 0.3 is 6.09 Å². The van der Waals surface area contributed by atoms with E-state index in [0.29, 0.717) is 18.4 Å². The van der Waals surface area contributed by atoms with Crippen molar-refractivity contribution < 1.29 is 14.3 Å². The highest BCUT2D eigenvalue weighted by Crippen LogP contribution is 2.16. The monoisotopic (exact) mass is 296 g/mol. The zero-order valence-corrected chi connectivity index (χ0v) is 13.0. The van der Waals surface area contributed by atoms with E-state index in [9.17, 15) is 4.79 Å². The number of amides is 1. The third-order valence-corrected chi connectivity index (χ3v) is 3.27. The average Bonchev–Trinajstić information content (AvgIpc) is 2.93. The number of nitrogens with zero attached hydrogens (tertiary/aromatic N) is 1. The summed E-state index contributed by atoms with van der Waals surface area (Å²) >= 11 is 0. The third-order valence-electron chi connectivity index (χ3n) is 3.27. The number of aromatic nitrogens is 2. The smallest absolute Gasteiger partial charge is 0.413 e. The summed E-state index contributed by atoms with van der Waals surface area (Å²) in [4.78, 5) is 11.8. The van der Waals surface area contributed by atoms with Gasteiger partial charge in [0.2, 0.25) is 0 Å². The molecule has 1 saturated heterocycles. The normalized spacial score (nSPS) is 22.3. The minimum Gasteiger partial charge on any atom is -0.444 e. The number of carbonyl (C=O) groups is 1. The van der Waals surface area contributed by atoms with Crippen molar-refractivity contribution in [1.82, 2.24) is 15.5 Å². The van der Waals surface area contributed by atoms with Crippen molar-refractivity contribution in [3.63, 3.8) is 0 Å². The molecule has 0 saturated carbocycles. The summed E-state index contributed by atoms with van der Waals surface area (Å²) in [7, 11) is 0. The van der Waals surface area contributed by atoms with Crippen molar-refractivity contribution in [2.24, 2.45) is 0 Å². The molecule has 1 fully saturated rings. The van der Waals surface area contributed by atoms with Crippen LogP contribution in [0.1, 0.15) is 39.7 Å². The Kier molecular flexibility index (Phi) is 4.84. The molecule has 0 aliphatic carbocycles. The maximum atomic E-state index is 11.8. The first kappa shape index (κ1) is 15.8. The molecular formula is C14H24N4O3. The largest absolute Gasteiger partial charge is 0.444 e. The van der Waals surface area contributed by atoms with Crippen LogP contribution in [-0.2, 0) is 16.0 Å². The van der Waals surface area contributed by atoms with Crippen molar-refractivity contribution in [3.05, 3.63) is 11.8 Å². The summed E-state index contributed by atoms with van der Waals surface area (Å²) in [6.07, 6.45) is 2.40. The molecule has 21 heavy (non-hydrogen) atoms. The fraction of sp³-hybridized carbons (Fsp3) is 0.714. The molecule has 2 unspecified atom stereocenters. The molecule has 1 amide bonds. The van der Waals surface area contributed by atoms with Crippen molar-refractivity contribution >= 4 is 11.9 Å². The van der Waals surface area contributed by atoms with Gasteiger partial charge in [-0.3, -0.25) is 10.4 Å². The van der Waals surface area contributed by atoms with Gasteiger partial charge in [-0.2, -0.15) is 5.10 Å². The van der Waals surface area contributed by atoms with Crippen LogP contribution in [0.15, 0.2) is 6.20 Å². The molecule has 0 spiro atoms. The topological polar surface area (TPSA) is 88.3 Å². The molecule has 2 heterocycles. The Morgan fingerprint density at radius 1 is 1.57 bits per heavy atom. The van der Waals surface area contributed by atoms with E-state index < -0.39 is 11.7 Å². The van der Waals surface area contributed by atoms with Gasteiger partial charge in [-0.15, -0.1) is 0 Å². The lowest BCUT2D eigenvalue weighted by molar-refractivity contribution is 0.0635. The highest BCUT2D eigenvalue weighted by Gasteiger charge is 2.24. The lowest BCUT2D eigenvalue weighted by atomic mass is 10.1. The van der Waals surface area contributed by atoms with Gasteiger partial charge in [0.25, 0.3) is 0 Å². The van der Waals surface area contributed by atoms with Crippen molar-refractivity contribution in [2.45, 2.75) is 58.4 Å². The molecule has 1 aliphatic rings. The van der Waals surface area contributed by atoms with Crippen molar-refractivity contribution in [1.29, 1.82) is 0 Å². The summed E-state index contributed by atoms with van der Waals surface area (Å²) < 4.78 is 10.7. The number of aromatic amines is 1. The van der Waals surface area contributed by atoms with E-state index >= 15 is 0 Å². The number of hydrogen-bond acceptors (Lipinski definition) is 5. The maximum Gasteiger partial charge on any atom is 0.413 e. The van der Waals surface area contributed by atoms with E-state index in [4.69, 9.17) is 9.47 Å². The van der Waals surface area contributed by atoms with E-state index in [2.05, 4.69) is 27.8 Å². The van der Waals surface area contributed by atoms with Crippen LogP contribution in [0.5, 0.6) is 0 Å². The van der Waals surface area contributed by atoms with Crippen LogP contribution in [0.2, 0.25) is 0 Å². The molecule has 7 heteroatoms. The molecular weight excluding hydrogens is 272 g/mol. The number of anilines is 1. The molecule has 1 aliphatic heterocycles. The Morgan fingerprint density at radius 2 is 2.33 bits per heavy atom. The number of rotatable bonds is 4. The SMILES string of the molecule is CC1OCCC1NCc1cn[nH]c1NC(=O)OC(C)(C)C. The fourth-order valence-corrected chi connectivity index (χ4v) is 2.20. The molecule has 1 aromatic rings. The van der Waals surface area contributed by atoms with Crippen LogP contribution in [0.3, 0.4) is 0 Å². The summed E-state index contributed by atoms with van der Waals surface area (Å²) in [5.74, 6) is 0.559. The molecule has 1 aromatic heterocycles. The summed E-state index contributed by atoms with van der Waals surface area (Å²) in [5, 5.41) is 12.8. The van der Waals surface area contributed by atoms with E-state index in [1.165, 1.54) is 0 Å². The number of H-pyrrole nitrogens is 1. The van der Waals surface area contributed by atoms with Crippen molar-refractivity contribution in [3.8, 4) is 0 Å². The molecule has 7 nitrogen and oxygen atoms in total. The first-order chi connectivity index (χ1) is 9.85. The van der Waals surface area contributed by atoms with Gasteiger partial charge in [-0.05, 0) is 34.1 Å². The van der Waals surface area contributed by atoms with Crippen molar-refractivity contribution in [2.75, 3.05) is 11.9 Å². The zero-order valence-electron chi connectivity index (χ0n) is 13.0. The zero-order chi connectivity index (χ0) is 15.5. The second-order valence-corrected chi connectivity index (χ2v) is 6.25. The second-order valence-electron chi connectivity index (χ2n) is 6.25. The summed E-state index contributed by atoms with van der Waals surface area (Å²) in [5.41, 5.74) is 0.360. The molecule has 3 N–H and O–H groups in total. The van der Waals surface area contributed by atoms with Gasteiger partial charge in [0.05, 0.1) is 12.3 Å². The number of ether oxygens (including phenoxy) is 2. The van der Waals surface area contributed by atoms with E-state index in [0.717, 1.165) is 18.6 Å². The third kappa shape index (κ3) is 4.71. The standard InChI is InChI=1S/C14H24N4O3/c1-9-11(5-6-20-9)15-7-10-8-16-18-12(10)17-13(19)21-14(2,3)4/h8-9,11,15H,5-7H2,1-4H3,(H2,16,17,18,19). The minimum absolute atomic E-state index is 0.208. The first-order valence-electron chi connectivity index (χ1n) is 7.22. The van der Waals surface area contributed by atoms with Crippen LogP contribution in [-0.4, -0.2) is 40.6 Å². The predicted octanol–water partition coefficient (Wildman–Crippen LogP) is 2.02. The quantitative estimate of drug-likeness (QED) is 0.791. The first-order valence-corrected chi connectivity index (χ1v) is 7.22. The fourth-order valence-electron chi connectivity index (χ4n) is 2.20. The Morgan fingerprint density at radius 3 is 2.95 bits per heavy atom. The molecule has 118 valence electrons. The van der Waals surface area contributed by atoms with Crippen LogP contribution in [0.25, 0.3) is 0 Å². The number of carbonyl (C=O) groups excluding carboxylic acids is 1. The maximum absolute atomic E-state index is 11.8. The Bertz CT molecular complexity index is 481. The van der Waals surface area contributed by atoms with Gasteiger partial charge < -0.3 is 14.8 Å². The Hall–Kier alpha value is -1.60. The molecule has 0 aromatic carbocycles. The highest BCUT2D eigenvalue weighted by molar-refractivity contribution is 5.84. The van der Waals surface area contributed by atoms with Crippen LogP contribution >= 0.6 is 0 Å². The molecule has 2 rings (SSSR count). The predicted molar refractivity (Wildman–Crippen MR) is 79.1 cm³/mol. The van der Waals surface area contributed by atoms with Crippen LogP contribution in [0.4, 0.5) is 10.6 Å². The Labute approximate surface area is 124 Å². The van der Waals surface area contributed by atoms with Crippen LogP contribution in [0, 0.1) is 0 Å². The summed E-state index contributed by atoms with van der Waals surface area (Å²) in [6, 6.07) is 0.328. The number of hydrogen-bond donors (Lipinski definition) is 3. The molecule has 0 radical (unpaired) electrons. The second kappa shape index (κ2) is 6.44. The van der Waals surface area contributed by atoms with E-state index in [-0.39, 0.29) is 6.10 Å². The van der Waals surface area contributed by atoms with Gasteiger partial charge in [-0.1, -0.05) is 0 Å². The highest BCUT2D eigenvalue weighted by atomic mass is 16.6. The van der Waals surface area contributed by atoms with E-state index in [1.54, 1.807) is 6.20 Å². The number of nitrogens with one attached hydrogen (secondary N) is 3. The molecule has 0 bridgehead atoms. The Balaban J connectivity index is 1.88.